The minimum atomic E-state index is -0.473. The zero-order valence-corrected chi connectivity index (χ0v) is 4.42. The van der Waals surface area contributed by atoms with Crippen molar-refractivity contribution in [3.63, 3.8) is 0 Å². The highest BCUT2D eigenvalue weighted by atomic mass is 16.1. The fourth-order valence-electron chi connectivity index (χ4n) is 0.198. The Labute approximate surface area is 47.9 Å². The first-order valence-electron chi connectivity index (χ1n) is 2.10. The van der Waals surface area contributed by atoms with Crippen molar-refractivity contribution in [3.8, 4) is 0 Å². The van der Waals surface area contributed by atoms with Gasteiger partial charge in [0.1, 0.15) is 0 Å². The molecule has 3 nitrogen and oxygen atoms in total. The van der Waals surface area contributed by atoms with Crippen molar-refractivity contribution >= 4 is 5.91 Å². The maximum absolute atomic E-state index is 9.94. The summed E-state index contributed by atoms with van der Waals surface area (Å²) in [6, 6.07) is 0. The van der Waals surface area contributed by atoms with Gasteiger partial charge in [0.25, 0.3) is 0 Å². The summed E-state index contributed by atoms with van der Waals surface area (Å²) in [5.74, 6) is -0.473. The third-order valence-corrected chi connectivity index (χ3v) is 0.462. The third kappa shape index (κ3) is 4.75. The molecule has 0 radical (unpaired) electrons. The van der Waals surface area contributed by atoms with Gasteiger partial charge in [-0.15, -0.1) is 0 Å². The lowest BCUT2D eigenvalue weighted by atomic mass is 10.6. The first-order valence-corrected chi connectivity index (χ1v) is 2.10. The summed E-state index contributed by atoms with van der Waals surface area (Å²) in [6.45, 7) is 3.34. The van der Waals surface area contributed by atoms with Gasteiger partial charge < -0.3 is 11.1 Å². The van der Waals surface area contributed by atoms with Crippen molar-refractivity contribution in [2.75, 3.05) is 0 Å². The standard InChI is InChI=1S/C5H8N2O/c1-2-7-4-3-5(6)8/h2-4,7H,1H2,(H2,6,8). The molecule has 0 saturated carbocycles. The molecule has 44 valence electrons. The Morgan fingerprint density at radius 2 is 2.38 bits per heavy atom. The number of nitrogens with one attached hydrogen (secondary N) is 1. The highest BCUT2D eigenvalue weighted by molar-refractivity contribution is 5.85. The van der Waals surface area contributed by atoms with Crippen molar-refractivity contribution in [3.05, 3.63) is 25.1 Å². The second-order valence-electron chi connectivity index (χ2n) is 1.11. The molecule has 0 aliphatic carbocycles. The summed E-state index contributed by atoms with van der Waals surface area (Å²) in [5, 5.41) is 2.56. The second-order valence-corrected chi connectivity index (χ2v) is 1.11. The fraction of sp³-hybridized carbons (Fsp3) is 0. The smallest absolute Gasteiger partial charge is 0.242 e. The van der Waals surface area contributed by atoms with Crippen LogP contribution in [0.1, 0.15) is 0 Å². The molecular formula is C5H8N2O. The van der Waals surface area contributed by atoms with Gasteiger partial charge in [-0.2, -0.15) is 0 Å². The largest absolute Gasteiger partial charge is 0.368 e. The molecule has 0 saturated heterocycles. The molecule has 0 aromatic heterocycles. The van der Waals surface area contributed by atoms with Gasteiger partial charge in [-0.05, 0) is 6.20 Å². The molecule has 3 N–H and O–H groups in total. The Kier molecular flexibility index (Phi) is 3.31. The highest BCUT2D eigenvalue weighted by Gasteiger charge is 1.76. The van der Waals surface area contributed by atoms with E-state index in [0.717, 1.165) is 0 Å². The van der Waals surface area contributed by atoms with Crippen molar-refractivity contribution in [2.45, 2.75) is 0 Å². The second kappa shape index (κ2) is 3.92. The molecule has 0 atom stereocenters. The number of hydrogen-bond donors (Lipinski definition) is 2. The molecule has 0 aliphatic rings. The van der Waals surface area contributed by atoms with E-state index in [-0.39, 0.29) is 0 Å². The van der Waals surface area contributed by atoms with Crippen molar-refractivity contribution in [1.82, 2.24) is 5.32 Å². The predicted molar refractivity (Wildman–Crippen MR) is 31.7 cm³/mol. The SMILES string of the molecule is C=CNC=CC(N)=O. The molecule has 0 aromatic carbocycles. The summed E-state index contributed by atoms with van der Waals surface area (Å²) in [6.07, 6.45) is 4.07. The lowest BCUT2D eigenvalue weighted by Gasteiger charge is -1.82. The lowest BCUT2D eigenvalue weighted by Crippen LogP contribution is -2.07. The number of nitrogens with two attached hydrogens (primary N) is 1. The third-order valence-electron chi connectivity index (χ3n) is 0.462. The molecule has 0 bridgehead atoms. The number of primary amides is 1. The van der Waals surface area contributed by atoms with Crippen LogP contribution in [0.15, 0.2) is 25.1 Å². The zero-order valence-electron chi connectivity index (χ0n) is 4.42. The lowest BCUT2D eigenvalue weighted by molar-refractivity contribution is -0.113. The number of carbonyl (C=O) groups excluding carboxylic acids is 1. The van der Waals surface area contributed by atoms with Crippen LogP contribution < -0.4 is 11.1 Å². The average molecular weight is 112 g/mol. The van der Waals surface area contributed by atoms with Crippen molar-refractivity contribution < 1.29 is 4.79 Å². The van der Waals surface area contributed by atoms with Crippen LogP contribution in [-0.2, 0) is 4.79 Å². The first-order chi connectivity index (χ1) is 3.77. The van der Waals surface area contributed by atoms with Crippen LogP contribution in [-0.4, -0.2) is 5.91 Å². The molecular weight excluding hydrogens is 104 g/mol. The van der Waals surface area contributed by atoms with Crippen LogP contribution >= 0.6 is 0 Å². The monoisotopic (exact) mass is 112 g/mol. The summed E-state index contributed by atoms with van der Waals surface area (Å²) in [4.78, 5) is 9.94. The van der Waals surface area contributed by atoms with Crippen LogP contribution in [0, 0.1) is 0 Å². The van der Waals surface area contributed by atoms with E-state index in [2.05, 4.69) is 11.9 Å². The van der Waals surface area contributed by atoms with Crippen LogP contribution in [0.3, 0.4) is 0 Å². The average Bonchev–Trinajstić information content (AvgIpc) is 1.66. The molecule has 3 heteroatoms. The summed E-state index contributed by atoms with van der Waals surface area (Å²) in [7, 11) is 0. The quantitative estimate of drug-likeness (QED) is 0.493. The Hall–Kier alpha value is -1.25. The van der Waals surface area contributed by atoms with E-state index >= 15 is 0 Å². The van der Waals surface area contributed by atoms with E-state index in [1.54, 1.807) is 0 Å². The molecule has 0 aromatic rings. The van der Waals surface area contributed by atoms with Crippen LogP contribution in [0.5, 0.6) is 0 Å². The van der Waals surface area contributed by atoms with E-state index in [4.69, 9.17) is 5.73 Å². The van der Waals surface area contributed by atoms with Gasteiger partial charge in [-0.1, -0.05) is 6.58 Å². The minimum absolute atomic E-state index is 0.473. The molecule has 0 fully saturated rings. The molecule has 8 heavy (non-hydrogen) atoms. The van der Waals surface area contributed by atoms with E-state index in [0.29, 0.717) is 0 Å². The van der Waals surface area contributed by atoms with Gasteiger partial charge in [0.2, 0.25) is 5.91 Å². The molecule has 0 aliphatic heterocycles. The highest BCUT2D eigenvalue weighted by Crippen LogP contribution is 1.62. The topological polar surface area (TPSA) is 55.1 Å². The summed E-state index contributed by atoms with van der Waals surface area (Å²) < 4.78 is 0. The summed E-state index contributed by atoms with van der Waals surface area (Å²) >= 11 is 0. The molecule has 0 rings (SSSR count). The van der Waals surface area contributed by atoms with E-state index in [1.807, 2.05) is 0 Å². The zero-order chi connectivity index (χ0) is 6.41. The van der Waals surface area contributed by atoms with Crippen LogP contribution in [0.25, 0.3) is 0 Å². The number of rotatable bonds is 3. The maximum atomic E-state index is 9.94. The van der Waals surface area contributed by atoms with Crippen LogP contribution in [0.2, 0.25) is 0 Å². The van der Waals surface area contributed by atoms with E-state index in [1.165, 1.54) is 18.5 Å². The number of carbonyl (C=O) groups is 1. The van der Waals surface area contributed by atoms with E-state index in [9.17, 15) is 4.79 Å². The summed E-state index contributed by atoms with van der Waals surface area (Å²) in [5.41, 5.74) is 4.73. The van der Waals surface area contributed by atoms with Gasteiger partial charge >= 0.3 is 0 Å². The molecule has 1 amide bonds. The first kappa shape index (κ1) is 6.75. The van der Waals surface area contributed by atoms with Gasteiger partial charge in [-0.3, -0.25) is 4.79 Å². The van der Waals surface area contributed by atoms with Gasteiger partial charge in [0, 0.05) is 12.3 Å². The van der Waals surface area contributed by atoms with Gasteiger partial charge in [0.15, 0.2) is 0 Å². The van der Waals surface area contributed by atoms with E-state index < -0.39 is 5.91 Å². The van der Waals surface area contributed by atoms with Crippen molar-refractivity contribution in [2.24, 2.45) is 5.73 Å². The Balaban J connectivity index is 3.34. The molecule has 0 unspecified atom stereocenters. The maximum Gasteiger partial charge on any atom is 0.242 e. The number of hydrogen-bond acceptors (Lipinski definition) is 2. The fourth-order valence-corrected chi connectivity index (χ4v) is 0.198. The molecule has 0 spiro atoms. The number of amides is 1. The van der Waals surface area contributed by atoms with Gasteiger partial charge in [0.05, 0.1) is 0 Å². The van der Waals surface area contributed by atoms with Gasteiger partial charge in [-0.25, -0.2) is 0 Å². The predicted octanol–water partition coefficient (Wildman–Crippen LogP) is -0.281. The Morgan fingerprint density at radius 3 is 2.75 bits per heavy atom. The normalized spacial score (nSPS) is 9.00. The Bertz CT molecular complexity index is 118. The van der Waals surface area contributed by atoms with Crippen molar-refractivity contribution in [1.29, 1.82) is 0 Å². The Morgan fingerprint density at radius 1 is 1.75 bits per heavy atom. The molecule has 0 heterocycles. The minimum Gasteiger partial charge on any atom is -0.368 e. The van der Waals surface area contributed by atoms with Crippen LogP contribution in [0.4, 0.5) is 0 Å².